The number of ether oxygens (including phenoxy) is 2. The van der Waals surface area contributed by atoms with Gasteiger partial charge in [-0.2, -0.15) is 26.3 Å². The molecule has 0 radical (unpaired) electrons. The van der Waals surface area contributed by atoms with Gasteiger partial charge in [0.15, 0.2) is 11.5 Å². The molecule has 192 valence electrons. The van der Waals surface area contributed by atoms with Crippen LogP contribution in [0.5, 0.6) is 11.5 Å². The number of alkyl halides is 6. The summed E-state index contributed by atoms with van der Waals surface area (Å²) >= 11 is 0. The molecule has 6 nitrogen and oxygen atoms in total. The average Bonchev–Trinajstić information content (AvgIpc) is 3.29. The first kappa shape index (κ1) is 24.6. The molecule has 0 fully saturated rings. The number of fused-ring (bicyclic) bond motifs is 2. The normalized spacial score (nSPS) is 13.8. The van der Waals surface area contributed by atoms with Gasteiger partial charge >= 0.3 is 12.4 Å². The van der Waals surface area contributed by atoms with Gasteiger partial charge in [-0.25, -0.2) is 4.98 Å². The molecule has 12 heteroatoms. The summed E-state index contributed by atoms with van der Waals surface area (Å²) in [7, 11) is 0. The SMILES string of the molecule is O=c1c2cc3c(cc2nc(Cc2ccccc2)n1-c1cccc(C(O)(C(F)(F)F)C(F)(F)F)c1)OCO3. The number of benzene rings is 3. The van der Waals surface area contributed by atoms with Crippen molar-refractivity contribution in [2.24, 2.45) is 0 Å². The van der Waals surface area contributed by atoms with Crippen LogP contribution in [0.2, 0.25) is 0 Å². The molecule has 1 aliphatic rings. The molecule has 1 aliphatic heterocycles. The Bertz CT molecular complexity index is 1530. The van der Waals surface area contributed by atoms with Crippen molar-refractivity contribution in [3.05, 3.63) is 94.0 Å². The molecule has 2 heterocycles. The molecule has 0 spiro atoms. The smallest absolute Gasteiger partial charge is 0.430 e. The minimum absolute atomic E-state index is 0.00775. The lowest BCUT2D eigenvalue weighted by Crippen LogP contribution is -2.54. The molecule has 5 rings (SSSR count). The van der Waals surface area contributed by atoms with Gasteiger partial charge in [-0.3, -0.25) is 9.36 Å². The van der Waals surface area contributed by atoms with E-state index in [1.165, 1.54) is 12.1 Å². The molecule has 1 N–H and O–H groups in total. The van der Waals surface area contributed by atoms with Crippen LogP contribution in [0.4, 0.5) is 26.3 Å². The van der Waals surface area contributed by atoms with Crippen molar-refractivity contribution in [3.63, 3.8) is 0 Å². The van der Waals surface area contributed by atoms with Crippen LogP contribution >= 0.6 is 0 Å². The van der Waals surface area contributed by atoms with Gasteiger partial charge in [0.05, 0.1) is 16.6 Å². The number of aliphatic hydroxyl groups is 1. The van der Waals surface area contributed by atoms with Crippen LogP contribution in [0.25, 0.3) is 16.6 Å². The molecule has 0 unspecified atom stereocenters. The number of halogens is 6. The van der Waals surface area contributed by atoms with E-state index in [0.717, 1.165) is 16.7 Å². The van der Waals surface area contributed by atoms with E-state index in [9.17, 15) is 36.2 Å². The molecule has 0 bridgehead atoms. The van der Waals surface area contributed by atoms with Crippen LogP contribution in [0.3, 0.4) is 0 Å². The van der Waals surface area contributed by atoms with E-state index in [1.54, 1.807) is 30.3 Å². The number of hydrogen-bond acceptors (Lipinski definition) is 5. The van der Waals surface area contributed by atoms with E-state index in [1.807, 2.05) is 0 Å². The van der Waals surface area contributed by atoms with Crippen molar-refractivity contribution in [3.8, 4) is 17.2 Å². The van der Waals surface area contributed by atoms with Crippen molar-refractivity contribution < 1.29 is 40.9 Å². The number of aromatic nitrogens is 2. The molecular formula is C25H16F6N2O4. The molecule has 4 aromatic rings. The van der Waals surface area contributed by atoms with E-state index in [-0.39, 0.29) is 41.4 Å². The fraction of sp³-hybridized carbons (Fsp3) is 0.200. The monoisotopic (exact) mass is 522 g/mol. The summed E-state index contributed by atoms with van der Waals surface area (Å²) in [6.07, 6.45) is -12.1. The summed E-state index contributed by atoms with van der Waals surface area (Å²) in [6, 6.07) is 14.5. The van der Waals surface area contributed by atoms with Gasteiger partial charge in [0.25, 0.3) is 11.2 Å². The summed E-state index contributed by atoms with van der Waals surface area (Å²) < 4.78 is 92.7. The lowest BCUT2D eigenvalue weighted by atomic mass is 9.92. The first-order valence-electron chi connectivity index (χ1n) is 10.8. The van der Waals surface area contributed by atoms with E-state index < -0.39 is 29.1 Å². The van der Waals surface area contributed by atoms with Crippen LogP contribution in [0.1, 0.15) is 17.0 Å². The maximum Gasteiger partial charge on any atom is 0.430 e. The summed E-state index contributed by atoms with van der Waals surface area (Å²) in [4.78, 5) is 18.1. The van der Waals surface area contributed by atoms with Gasteiger partial charge in [0, 0.05) is 18.1 Å². The minimum Gasteiger partial charge on any atom is -0.454 e. The van der Waals surface area contributed by atoms with Crippen LogP contribution in [-0.2, 0) is 12.0 Å². The van der Waals surface area contributed by atoms with Crippen LogP contribution in [0.15, 0.2) is 71.5 Å². The van der Waals surface area contributed by atoms with Gasteiger partial charge in [-0.1, -0.05) is 42.5 Å². The number of rotatable bonds is 4. The van der Waals surface area contributed by atoms with Crippen molar-refractivity contribution in [1.29, 1.82) is 0 Å². The minimum atomic E-state index is -6.08. The topological polar surface area (TPSA) is 73.6 Å². The molecule has 3 aromatic carbocycles. The second-order valence-electron chi connectivity index (χ2n) is 8.31. The highest BCUT2D eigenvalue weighted by molar-refractivity contribution is 5.82. The largest absolute Gasteiger partial charge is 0.454 e. The molecule has 0 atom stereocenters. The predicted octanol–water partition coefficient (Wildman–Crippen LogP) is 5.02. The van der Waals surface area contributed by atoms with Crippen LogP contribution < -0.4 is 15.0 Å². The fourth-order valence-corrected chi connectivity index (χ4v) is 4.14. The zero-order chi connectivity index (χ0) is 26.6. The molecular weight excluding hydrogens is 506 g/mol. The maximum absolute atomic E-state index is 13.6. The Morgan fingerprint density at radius 1 is 0.865 bits per heavy atom. The Morgan fingerprint density at radius 2 is 1.51 bits per heavy atom. The lowest BCUT2D eigenvalue weighted by molar-refractivity contribution is -0.376. The third kappa shape index (κ3) is 4.06. The van der Waals surface area contributed by atoms with Gasteiger partial charge in [0.2, 0.25) is 6.79 Å². The van der Waals surface area contributed by atoms with Gasteiger partial charge in [-0.15, -0.1) is 0 Å². The first-order chi connectivity index (χ1) is 17.4. The Balaban J connectivity index is 1.77. The summed E-state index contributed by atoms with van der Waals surface area (Å²) in [5.74, 6) is 0.624. The predicted molar refractivity (Wildman–Crippen MR) is 119 cm³/mol. The van der Waals surface area contributed by atoms with E-state index in [2.05, 4.69) is 4.98 Å². The second-order valence-corrected chi connectivity index (χ2v) is 8.31. The van der Waals surface area contributed by atoms with Crippen molar-refractivity contribution in [2.45, 2.75) is 24.4 Å². The zero-order valence-corrected chi connectivity index (χ0v) is 18.6. The first-order valence-corrected chi connectivity index (χ1v) is 10.8. The highest BCUT2D eigenvalue weighted by Crippen LogP contribution is 2.50. The van der Waals surface area contributed by atoms with Crippen molar-refractivity contribution in [1.82, 2.24) is 9.55 Å². The number of nitrogens with zero attached hydrogens (tertiary/aromatic N) is 2. The quantitative estimate of drug-likeness (QED) is 0.382. The van der Waals surface area contributed by atoms with Crippen LogP contribution in [-0.4, -0.2) is 33.8 Å². The standard InChI is InChI=1S/C25H16F6N2O4/c26-24(27,28)23(35,25(29,30)31)15-7-4-8-16(10-15)33-21(9-14-5-2-1-3-6-14)32-18-12-20-19(36-13-37-20)11-17(18)22(33)34/h1-8,10-12,35H,9,13H2. The molecule has 0 amide bonds. The van der Waals surface area contributed by atoms with Crippen molar-refractivity contribution >= 4 is 10.9 Å². The summed E-state index contributed by atoms with van der Waals surface area (Å²) in [6.45, 7) is -0.0910. The fourth-order valence-electron chi connectivity index (χ4n) is 4.14. The Kier molecular flexibility index (Phi) is 5.66. The second kappa shape index (κ2) is 8.51. The maximum atomic E-state index is 13.6. The zero-order valence-electron chi connectivity index (χ0n) is 18.6. The van der Waals surface area contributed by atoms with E-state index >= 15 is 0 Å². The Hall–Kier alpha value is -4.06. The Morgan fingerprint density at radius 3 is 2.16 bits per heavy atom. The average molecular weight is 522 g/mol. The highest BCUT2D eigenvalue weighted by atomic mass is 19.4. The molecule has 0 saturated heterocycles. The molecule has 0 saturated carbocycles. The van der Waals surface area contributed by atoms with Crippen molar-refractivity contribution in [2.75, 3.05) is 6.79 Å². The third-order valence-electron chi connectivity index (χ3n) is 5.98. The number of hydrogen-bond donors (Lipinski definition) is 1. The van der Waals surface area contributed by atoms with Gasteiger partial charge in [0.1, 0.15) is 5.82 Å². The van der Waals surface area contributed by atoms with E-state index in [4.69, 9.17) is 9.47 Å². The highest BCUT2D eigenvalue weighted by Gasteiger charge is 2.71. The molecule has 1 aromatic heterocycles. The summed E-state index contributed by atoms with van der Waals surface area (Å²) in [5.41, 5.74) is -6.86. The Labute approximate surface area is 204 Å². The van der Waals surface area contributed by atoms with Gasteiger partial charge < -0.3 is 14.6 Å². The van der Waals surface area contributed by atoms with Crippen LogP contribution in [0, 0.1) is 0 Å². The summed E-state index contributed by atoms with van der Waals surface area (Å²) in [5, 5.41) is 9.90. The lowest BCUT2D eigenvalue weighted by Gasteiger charge is -2.33. The van der Waals surface area contributed by atoms with Gasteiger partial charge in [-0.05, 0) is 23.8 Å². The molecule has 0 aliphatic carbocycles. The third-order valence-corrected chi connectivity index (χ3v) is 5.98. The molecule has 37 heavy (non-hydrogen) atoms. The van der Waals surface area contributed by atoms with E-state index in [0.29, 0.717) is 23.4 Å².